The van der Waals surface area contributed by atoms with Crippen molar-refractivity contribution in [3.05, 3.63) is 53.2 Å². The molecule has 1 aliphatic heterocycles. The van der Waals surface area contributed by atoms with Crippen molar-refractivity contribution in [3.8, 4) is 0 Å². The first-order chi connectivity index (χ1) is 13.0. The molecule has 1 atom stereocenters. The van der Waals surface area contributed by atoms with Crippen LogP contribution in [0.25, 0.3) is 0 Å². The van der Waals surface area contributed by atoms with Gasteiger partial charge in [-0.05, 0) is 24.5 Å². The number of ether oxygens (including phenoxy) is 3. The second-order valence-corrected chi connectivity index (χ2v) is 6.37. The number of carbonyl (C=O) groups is 2. The van der Waals surface area contributed by atoms with Gasteiger partial charge in [-0.3, -0.25) is 4.79 Å². The van der Waals surface area contributed by atoms with Crippen LogP contribution in [-0.4, -0.2) is 43.7 Å². The van der Waals surface area contributed by atoms with Crippen LogP contribution in [0, 0.1) is 0 Å². The molecule has 0 spiro atoms. The Kier molecular flexibility index (Phi) is 5.88. The van der Waals surface area contributed by atoms with E-state index in [2.05, 4.69) is 21.1 Å². The van der Waals surface area contributed by atoms with Crippen LogP contribution < -0.4 is 5.32 Å². The summed E-state index contributed by atoms with van der Waals surface area (Å²) in [7, 11) is 1.25. The summed E-state index contributed by atoms with van der Waals surface area (Å²) in [5, 5.41) is 2.84. The molecule has 2 heterocycles. The van der Waals surface area contributed by atoms with Gasteiger partial charge in [0.05, 0.1) is 20.3 Å². The number of nitrogens with one attached hydrogen (secondary N) is 1. The van der Waals surface area contributed by atoms with Gasteiger partial charge in [0, 0.05) is 0 Å². The Morgan fingerprint density at radius 3 is 2.96 bits per heavy atom. The first-order valence-electron chi connectivity index (χ1n) is 8.61. The molecule has 0 aliphatic carbocycles. The standard InChI is InChI=1S/C19H22N2O6/c1-19(14-6-4-3-5-13(14)7-8-27-19)11-20-16(22)10-25-9-15-17(18(23)24-2)21-12-26-15/h3-6,12H,7-11H2,1-2H3,(H,20,22). The molecule has 0 saturated carbocycles. The lowest BCUT2D eigenvalue weighted by Gasteiger charge is -2.36. The minimum atomic E-state index is -0.618. The van der Waals surface area contributed by atoms with Gasteiger partial charge in [-0.1, -0.05) is 24.3 Å². The second kappa shape index (κ2) is 8.32. The molecule has 0 fully saturated rings. The van der Waals surface area contributed by atoms with Crippen molar-refractivity contribution >= 4 is 11.9 Å². The highest BCUT2D eigenvalue weighted by Crippen LogP contribution is 2.32. The minimum absolute atomic E-state index is 0.0395. The van der Waals surface area contributed by atoms with Crippen LogP contribution in [0.2, 0.25) is 0 Å². The quantitative estimate of drug-likeness (QED) is 0.735. The lowest BCUT2D eigenvalue weighted by Crippen LogP contribution is -2.44. The molecule has 0 radical (unpaired) electrons. The summed E-state index contributed by atoms with van der Waals surface area (Å²) in [5.74, 6) is -0.694. The van der Waals surface area contributed by atoms with E-state index in [0.717, 1.165) is 18.4 Å². The third kappa shape index (κ3) is 4.35. The van der Waals surface area contributed by atoms with Crippen molar-refractivity contribution in [2.45, 2.75) is 25.6 Å². The van der Waals surface area contributed by atoms with Crippen molar-refractivity contribution in [1.82, 2.24) is 10.3 Å². The molecule has 1 unspecified atom stereocenters. The molecule has 1 N–H and O–H groups in total. The molecular formula is C19H22N2O6. The molecule has 1 amide bonds. The van der Waals surface area contributed by atoms with Crippen LogP contribution in [0.4, 0.5) is 0 Å². The van der Waals surface area contributed by atoms with Gasteiger partial charge in [-0.15, -0.1) is 0 Å². The zero-order chi connectivity index (χ0) is 19.3. The molecule has 27 heavy (non-hydrogen) atoms. The average Bonchev–Trinajstić information content (AvgIpc) is 3.15. The van der Waals surface area contributed by atoms with E-state index in [1.807, 2.05) is 25.1 Å². The molecule has 8 heteroatoms. The summed E-state index contributed by atoms with van der Waals surface area (Å²) >= 11 is 0. The van der Waals surface area contributed by atoms with Gasteiger partial charge in [0.2, 0.25) is 5.91 Å². The number of esters is 1. The van der Waals surface area contributed by atoms with E-state index >= 15 is 0 Å². The fraction of sp³-hybridized carbons (Fsp3) is 0.421. The molecule has 1 aromatic carbocycles. The number of amides is 1. The lowest BCUT2D eigenvalue weighted by atomic mass is 9.87. The highest BCUT2D eigenvalue weighted by atomic mass is 16.5. The van der Waals surface area contributed by atoms with E-state index in [4.69, 9.17) is 13.9 Å². The fourth-order valence-electron chi connectivity index (χ4n) is 3.06. The van der Waals surface area contributed by atoms with Crippen LogP contribution in [0.1, 0.15) is 34.3 Å². The molecular weight excluding hydrogens is 352 g/mol. The summed E-state index contributed by atoms with van der Waals surface area (Å²) < 4.78 is 20.9. The second-order valence-electron chi connectivity index (χ2n) is 6.37. The normalized spacial score (nSPS) is 18.6. The third-order valence-electron chi connectivity index (χ3n) is 4.49. The lowest BCUT2D eigenvalue weighted by molar-refractivity contribution is -0.128. The highest BCUT2D eigenvalue weighted by molar-refractivity contribution is 5.88. The summed E-state index contributed by atoms with van der Waals surface area (Å²) in [4.78, 5) is 27.4. The molecule has 0 saturated heterocycles. The van der Waals surface area contributed by atoms with Crippen molar-refractivity contribution in [3.63, 3.8) is 0 Å². The van der Waals surface area contributed by atoms with E-state index in [1.54, 1.807) is 0 Å². The van der Waals surface area contributed by atoms with Gasteiger partial charge in [-0.25, -0.2) is 9.78 Å². The predicted octanol–water partition coefficient (Wildman–Crippen LogP) is 1.58. The number of methoxy groups -OCH3 is 1. The molecule has 1 aromatic heterocycles. The number of nitrogens with zero attached hydrogens (tertiary/aromatic N) is 1. The van der Waals surface area contributed by atoms with Crippen LogP contribution >= 0.6 is 0 Å². The fourth-order valence-corrected chi connectivity index (χ4v) is 3.06. The van der Waals surface area contributed by atoms with Gasteiger partial charge in [0.25, 0.3) is 0 Å². The summed E-state index contributed by atoms with van der Waals surface area (Å²) in [6.45, 7) is 2.67. The zero-order valence-electron chi connectivity index (χ0n) is 15.3. The number of fused-ring (bicyclic) bond motifs is 1. The summed E-state index contributed by atoms with van der Waals surface area (Å²) in [6.07, 6.45) is 1.99. The molecule has 2 aromatic rings. The Bertz CT molecular complexity index is 818. The first-order valence-corrected chi connectivity index (χ1v) is 8.61. The molecule has 0 bridgehead atoms. The van der Waals surface area contributed by atoms with E-state index < -0.39 is 11.6 Å². The number of carbonyl (C=O) groups excluding carboxylic acids is 2. The monoisotopic (exact) mass is 374 g/mol. The Morgan fingerprint density at radius 1 is 1.33 bits per heavy atom. The highest BCUT2D eigenvalue weighted by Gasteiger charge is 2.33. The van der Waals surface area contributed by atoms with Gasteiger partial charge in [0.15, 0.2) is 17.8 Å². The Balaban J connectivity index is 1.50. The maximum absolute atomic E-state index is 12.1. The number of hydrogen-bond donors (Lipinski definition) is 1. The number of hydrogen-bond acceptors (Lipinski definition) is 7. The van der Waals surface area contributed by atoms with Gasteiger partial charge in [0.1, 0.15) is 18.8 Å². The van der Waals surface area contributed by atoms with Gasteiger partial charge >= 0.3 is 5.97 Å². The van der Waals surface area contributed by atoms with Crippen molar-refractivity contribution < 1.29 is 28.2 Å². The smallest absolute Gasteiger partial charge is 0.360 e. The number of aromatic nitrogens is 1. The third-order valence-corrected chi connectivity index (χ3v) is 4.49. The summed E-state index contributed by atoms with van der Waals surface area (Å²) in [5.41, 5.74) is 1.78. The average molecular weight is 374 g/mol. The first kappa shape index (κ1) is 19.1. The van der Waals surface area contributed by atoms with Gasteiger partial charge < -0.3 is 23.9 Å². The number of rotatable bonds is 7. The predicted molar refractivity (Wildman–Crippen MR) is 94.0 cm³/mol. The molecule has 3 rings (SSSR count). The molecule has 144 valence electrons. The minimum Gasteiger partial charge on any atom is -0.464 e. The van der Waals surface area contributed by atoms with Crippen molar-refractivity contribution in [2.24, 2.45) is 0 Å². The number of oxazole rings is 1. The van der Waals surface area contributed by atoms with E-state index in [-0.39, 0.29) is 30.6 Å². The molecule has 1 aliphatic rings. The Hall–Kier alpha value is -2.71. The maximum Gasteiger partial charge on any atom is 0.360 e. The van der Waals surface area contributed by atoms with Crippen LogP contribution in [-0.2, 0) is 37.6 Å². The molecule has 8 nitrogen and oxygen atoms in total. The van der Waals surface area contributed by atoms with Crippen molar-refractivity contribution in [1.29, 1.82) is 0 Å². The van der Waals surface area contributed by atoms with Crippen LogP contribution in [0.15, 0.2) is 35.1 Å². The van der Waals surface area contributed by atoms with Crippen LogP contribution in [0.5, 0.6) is 0 Å². The largest absolute Gasteiger partial charge is 0.464 e. The SMILES string of the molecule is COC(=O)c1ncoc1COCC(=O)NCC1(C)OCCc2ccccc21. The maximum atomic E-state index is 12.1. The van der Waals surface area contributed by atoms with E-state index in [1.165, 1.54) is 12.7 Å². The Morgan fingerprint density at radius 2 is 2.15 bits per heavy atom. The Labute approximate surface area is 156 Å². The topological polar surface area (TPSA) is 99.9 Å². The zero-order valence-corrected chi connectivity index (χ0v) is 15.3. The van der Waals surface area contributed by atoms with Crippen LogP contribution in [0.3, 0.4) is 0 Å². The van der Waals surface area contributed by atoms with E-state index in [9.17, 15) is 9.59 Å². The number of benzene rings is 1. The summed E-state index contributed by atoms with van der Waals surface area (Å²) in [6, 6.07) is 8.07. The van der Waals surface area contributed by atoms with Crippen molar-refractivity contribution in [2.75, 3.05) is 26.9 Å². The van der Waals surface area contributed by atoms with Gasteiger partial charge in [-0.2, -0.15) is 0 Å². The van der Waals surface area contributed by atoms with E-state index in [0.29, 0.717) is 13.2 Å².